The van der Waals surface area contributed by atoms with Gasteiger partial charge in [0.1, 0.15) is 0 Å². The summed E-state index contributed by atoms with van der Waals surface area (Å²) < 4.78 is 4.56. The second-order valence-corrected chi connectivity index (χ2v) is 1.58. The van der Waals surface area contributed by atoms with E-state index in [4.69, 9.17) is 5.73 Å². The monoisotopic (exact) mass is 144 g/mol. The highest BCUT2D eigenvalue weighted by Gasteiger charge is 2.04. The molecule has 0 aliphatic rings. The Kier molecular flexibility index (Phi) is 4.28. The zero-order valence-corrected chi connectivity index (χ0v) is 6.26. The molecule has 4 nitrogen and oxygen atoms in total. The average molecular weight is 144 g/mol. The van der Waals surface area contributed by atoms with Crippen molar-refractivity contribution in [1.29, 1.82) is 0 Å². The summed E-state index contributed by atoms with van der Waals surface area (Å²) in [5.41, 5.74) is 5.19. The molecule has 0 aromatic rings. The van der Waals surface area contributed by atoms with E-state index >= 15 is 0 Å². The highest BCUT2D eigenvalue weighted by atomic mass is 16.5. The van der Waals surface area contributed by atoms with Crippen LogP contribution in [0.4, 0.5) is 0 Å². The van der Waals surface area contributed by atoms with Crippen LogP contribution in [0.2, 0.25) is 0 Å². The Morgan fingerprint density at radius 3 is 2.60 bits per heavy atom. The minimum atomic E-state index is -0.538. The van der Waals surface area contributed by atoms with Crippen LogP contribution >= 0.6 is 0 Å². The highest BCUT2D eigenvalue weighted by Crippen LogP contribution is 1.78. The Hall–Kier alpha value is -1.06. The Morgan fingerprint density at radius 1 is 1.60 bits per heavy atom. The van der Waals surface area contributed by atoms with Crippen molar-refractivity contribution >= 4 is 11.8 Å². The van der Waals surface area contributed by atoms with Crippen LogP contribution in [-0.4, -0.2) is 25.0 Å². The Morgan fingerprint density at radius 2 is 2.20 bits per heavy atom. The molecule has 0 atom stereocenters. The number of nitrogens with two attached hydrogens (primary N) is 1. The van der Waals surface area contributed by atoms with Gasteiger partial charge in [-0.15, -0.1) is 0 Å². The van der Waals surface area contributed by atoms with E-state index in [2.05, 4.69) is 9.73 Å². The lowest BCUT2D eigenvalue weighted by Crippen LogP contribution is -2.26. The fourth-order valence-corrected chi connectivity index (χ4v) is 0.440. The predicted molar refractivity (Wildman–Crippen MR) is 38.8 cm³/mol. The van der Waals surface area contributed by atoms with Gasteiger partial charge in [0.05, 0.1) is 6.61 Å². The quantitative estimate of drug-likeness (QED) is 0.335. The molecule has 0 aliphatic heterocycles. The number of esters is 1. The van der Waals surface area contributed by atoms with Crippen LogP contribution in [0.25, 0.3) is 0 Å². The molecule has 0 radical (unpaired) electrons. The number of hydrogen-bond donors (Lipinski definition) is 1. The van der Waals surface area contributed by atoms with E-state index in [0.717, 1.165) is 0 Å². The van der Waals surface area contributed by atoms with Gasteiger partial charge in [-0.05, 0) is 13.8 Å². The molecule has 0 spiro atoms. The van der Waals surface area contributed by atoms with Crippen LogP contribution in [0, 0.1) is 0 Å². The van der Waals surface area contributed by atoms with Gasteiger partial charge >= 0.3 is 5.97 Å². The number of ether oxygens (including phenoxy) is 1. The number of carbonyl (C=O) groups is 1. The molecule has 2 N–H and O–H groups in total. The van der Waals surface area contributed by atoms with Crippen molar-refractivity contribution in [2.24, 2.45) is 10.7 Å². The Labute approximate surface area is 60.1 Å². The normalized spacial score (nSPS) is 11.2. The topological polar surface area (TPSA) is 64.7 Å². The summed E-state index contributed by atoms with van der Waals surface area (Å²) in [6.07, 6.45) is 0. The molecule has 10 heavy (non-hydrogen) atoms. The van der Waals surface area contributed by atoms with Crippen molar-refractivity contribution in [3.63, 3.8) is 0 Å². The van der Waals surface area contributed by atoms with Crippen LogP contribution in [0.15, 0.2) is 4.99 Å². The fraction of sp³-hybridized carbons (Fsp3) is 0.667. The van der Waals surface area contributed by atoms with E-state index in [0.29, 0.717) is 13.2 Å². The molecule has 0 unspecified atom stereocenters. The van der Waals surface area contributed by atoms with Gasteiger partial charge in [0.2, 0.25) is 5.84 Å². The summed E-state index contributed by atoms with van der Waals surface area (Å²) in [4.78, 5) is 14.3. The van der Waals surface area contributed by atoms with E-state index in [-0.39, 0.29) is 5.84 Å². The Balaban J connectivity index is 3.82. The van der Waals surface area contributed by atoms with Crippen molar-refractivity contribution in [2.45, 2.75) is 13.8 Å². The van der Waals surface area contributed by atoms with Crippen LogP contribution < -0.4 is 5.73 Å². The first-order valence-electron chi connectivity index (χ1n) is 3.19. The molecular weight excluding hydrogens is 132 g/mol. The largest absolute Gasteiger partial charge is 0.460 e. The van der Waals surface area contributed by atoms with Crippen molar-refractivity contribution in [3.8, 4) is 0 Å². The summed E-state index contributed by atoms with van der Waals surface area (Å²) in [7, 11) is 0. The predicted octanol–water partition coefficient (Wildman–Crippen LogP) is -0.0734. The molecule has 0 rings (SSSR count). The summed E-state index contributed by atoms with van der Waals surface area (Å²) >= 11 is 0. The minimum Gasteiger partial charge on any atom is -0.460 e. The van der Waals surface area contributed by atoms with E-state index in [9.17, 15) is 4.79 Å². The zero-order valence-electron chi connectivity index (χ0n) is 6.26. The Bertz CT molecular complexity index is 143. The van der Waals surface area contributed by atoms with E-state index < -0.39 is 5.97 Å². The molecule has 0 saturated carbocycles. The van der Waals surface area contributed by atoms with Gasteiger partial charge in [-0.25, -0.2) is 4.79 Å². The number of amidine groups is 1. The summed E-state index contributed by atoms with van der Waals surface area (Å²) in [5, 5.41) is 0. The first kappa shape index (κ1) is 8.94. The van der Waals surface area contributed by atoms with Gasteiger partial charge < -0.3 is 10.5 Å². The molecule has 0 aromatic heterocycles. The van der Waals surface area contributed by atoms with Gasteiger partial charge in [-0.3, -0.25) is 4.99 Å². The van der Waals surface area contributed by atoms with E-state index in [1.54, 1.807) is 13.8 Å². The third kappa shape index (κ3) is 3.06. The third-order valence-corrected chi connectivity index (χ3v) is 0.813. The van der Waals surface area contributed by atoms with Crippen LogP contribution in [0.3, 0.4) is 0 Å². The molecular formula is C6H12N2O2. The number of carbonyl (C=O) groups excluding carboxylic acids is 1. The zero-order chi connectivity index (χ0) is 7.98. The first-order chi connectivity index (χ1) is 4.72. The third-order valence-electron chi connectivity index (χ3n) is 0.813. The summed E-state index contributed by atoms with van der Waals surface area (Å²) in [6, 6.07) is 0. The lowest BCUT2D eigenvalue weighted by molar-refractivity contribution is -0.135. The maximum atomic E-state index is 10.7. The maximum absolute atomic E-state index is 10.7. The number of aliphatic imine (C=N–C) groups is 1. The fourth-order valence-electron chi connectivity index (χ4n) is 0.440. The molecule has 0 bridgehead atoms. The van der Waals surface area contributed by atoms with Gasteiger partial charge in [0, 0.05) is 6.54 Å². The standard InChI is InChI=1S/C6H12N2O2/c1-3-8-5(7)6(9)10-4-2/h3-4H2,1-2H3,(H2,7,8). The van der Waals surface area contributed by atoms with Gasteiger partial charge in [-0.1, -0.05) is 0 Å². The molecule has 0 aromatic carbocycles. The lowest BCUT2D eigenvalue weighted by atomic mass is 10.6. The van der Waals surface area contributed by atoms with E-state index in [1.807, 2.05) is 0 Å². The molecule has 4 heteroatoms. The molecule has 0 amide bonds. The molecule has 0 heterocycles. The van der Waals surface area contributed by atoms with Crippen LogP contribution in [-0.2, 0) is 9.53 Å². The summed E-state index contributed by atoms with van der Waals surface area (Å²) in [5.74, 6) is -0.589. The van der Waals surface area contributed by atoms with Crippen LogP contribution in [0.5, 0.6) is 0 Å². The number of hydrogen-bond acceptors (Lipinski definition) is 3. The smallest absolute Gasteiger partial charge is 0.373 e. The lowest BCUT2D eigenvalue weighted by Gasteiger charge is -1.98. The van der Waals surface area contributed by atoms with Crippen LogP contribution in [0.1, 0.15) is 13.8 Å². The number of nitrogens with zero attached hydrogens (tertiary/aromatic N) is 1. The maximum Gasteiger partial charge on any atom is 0.373 e. The second kappa shape index (κ2) is 4.78. The summed E-state index contributed by atoms with van der Waals surface area (Å²) in [6.45, 7) is 4.35. The SMILES string of the molecule is CCN=C(N)C(=O)OCC. The molecule has 0 saturated heterocycles. The van der Waals surface area contributed by atoms with Gasteiger partial charge in [-0.2, -0.15) is 0 Å². The first-order valence-corrected chi connectivity index (χ1v) is 3.19. The van der Waals surface area contributed by atoms with E-state index in [1.165, 1.54) is 0 Å². The average Bonchev–Trinajstić information content (AvgIpc) is 1.89. The number of rotatable bonds is 2. The minimum absolute atomic E-state index is 0.0515. The van der Waals surface area contributed by atoms with Gasteiger partial charge in [0.15, 0.2) is 0 Å². The highest BCUT2D eigenvalue weighted by molar-refractivity contribution is 6.34. The molecule has 0 aliphatic carbocycles. The second-order valence-electron chi connectivity index (χ2n) is 1.58. The van der Waals surface area contributed by atoms with Gasteiger partial charge in [0.25, 0.3) is 0 Å². The van der Waals surface area contributed by atoms with Crippen molar-refractivity contribution in [2.75, 3.05) is 13.2 Å². The molecule has 0 fully saturated rings. The van der Waals surface area contributed by atoms with Crippen molar-refractivity contribution in [3.05, 3.63) is 0 Å². The van der Waals surface area contributed by atoms with Crippen molar-refractivity contribution in [1.82, 2.24) is 0 Å². The molecule has 58 valence electrons. The van der Waals surface area contributed by atoms with Crippen molar-refractivity contribution < 1.29 is 9.53 Å².